The zero-order valence-electron chi connectivity index (χ0n) is 26.2. The Bertz CT molecular complexity index is 1710. The first kappa shape index (κ1) is 31.7. The average Bonchev–Trinajstić information content (AvgIpc) is 2.99. The fraction of sp³-hybridized carbons (Fsp3) is 0.361. The smallest absolute Gasteiger partial charge is 0.241 e. The van der Waals surface area contributed by atoms with Crippen LogP contribution in [0.2, 0.25) is 0 Å². The molecule has 4 aromatic carbocycles. The van der Waals surface area contributed by atoms with Gasteiger partial charge < -0.3 is 10.1 Å². The Morgan fingerprint density at radius 3 is 2.34 bits per heavy atom. The summed E-state index contributed by atoms with van der Waals surface area (Å²) in [5, 5.41) is 4.96. The first-order valence-corrected chi connectivity index (χ1v) is 16.8. The van der Waals surface area contributed by atoms with E-state index < -0.39 is 16.1 Å². The van der Waals surface area contributed by atoms with Crippen LogP contribution >= 0.6 is 0 Å². The van der Waals surface area contributed by atoms with Crippen LogP contribution < -0.4 is 14.8 Å². The molecule has 0 fully saturated rings. The highest BCUT2D eigenvalue weighted by molar-refractivity contribution is 7.89. The zero-order valence-corrected chi connectivity index (χ0v) is 27.0. The molecule has 1 aliphatic rings. The van der Waals surface area contributed by atoms with Gasteiger partial charge in [0, 0.05) is 36.5 Å². The molecular weight excluding hydrogens is 570 g/mol. The standard InChI is InChI=1S/C36H43N3O4S/c1-25(2)39(36(3,4)5)24-26-15-18-31-32(19-20-43-34(31)21-26)37-35(40)23-33(28-12-7-6-8-13-28)38-44(41,42)30-17-16-27-11-9-10-14-29(27)22-30/h6-18,21-22,25,32-33,38H,19-20,23-24H2,1-5H3,(H,37,40)/t32?,33-/m1/s1. The molecular formula is C36H43N3O4S. The van der Waals surface area contributed by atoms with Gasteiger partial charge >= 0.3 is 0 Å². The molecule has 2 N–H and O–H groups in total. The molecule has 44 heavy (non-hydrogen) atoms. The van der Waals surface area contributed by atoms with Crippen molar-refractivity contribution >= 4 is 26.7 Å². The van der Waals surface area contributed by atoms with Gasteiger partial charge in [-0.05, 0) is 74.7 Å². The third kappa shape index (κ3) is 7.49. The van der Waals surface area contributed by atoms with E-state index in [0.717, 1.165) is 39.8 Å². The summed E-state index contributed by atoms with van der Waals surface area (Å²) in [5.41, 5.74) is 2.84. The van der Waals surface area contributed by atoms with Gasteiger partial charge in [-0.2, -0.15) is 0 Å². The number of hydrogen-bond donors (Lipinski definition) is 2. The van der Waals surface area contributed by atoms with Gasteiger partial charge in [-0.3, -0.25) is 9.69 Å². The highest BCUT2D eigenvalue weighted by Crippen LogP contribution is 2.34. The molecule has 7 nitrogen and oxygen atoms in total. The second kappa shape index (κ2) is 13.1. The molecule has 0 aromatic heterocycles. The normalized spacial score (nSPS) is 16.0. The Labute approximate surface area is 261 Å². The summed E-state index contributed by atoms with van der Waals surface area (Å²) in [6.45, 7) is 12.4. The minimum atomic E-state index is -3.91. The van der Waals surface area contributed by atoms with Gasteiger partial charge in [-0.1, -0.05) is 72.8 Å². The molecule has 1 amide bonds. The lowest BCUT2D eigenvalue weighted by atomic mass is 9.96. The lowest BCUT2D eigenvalue weighted by Crippen LogP contribution is -2.45. The van der Waals surface area contributed by atoms with E-state index in [-0.39, 0.29) is 28.8 Å². The fourth-order valence-corrected chi connectivity index (χ4v) is 7.27. The zero-order chi connectivity index (χ0) is 31.5. The number of nitrogens with zero attached hydrogens (tertiary/aromatic N) is 1. The maximum Gasteiger partial charge on any atom is 0.241 e. The van der Waals surface area contributed by atoms with Gasteiger partial charge in [-0.15, -0.1) is 0 Å². The second-order valence-electron chi connectivity index (χ2n) is 12.8. The minimum Gasteiger partial charge on any atom is -0.493 e. The number of nitrogens with one attached hydrogen (secondary N) is 2. The topological polar surface area (TPSA) is 87.7 Å². The first-order valence-electron chi connectivity index (χ1n) is 15.3. The van der Waals surface area contributed by atoms with Gasteiger partial charge in [0.15, 0.2) is 0 Å². The van der Waals surface area contributed by atoms with E-state index in [0.29, 0.717) is 19.1 Å². The lowest BCUT2D eigenvalue weighted by molar-refractivity contribution is -0.122. The Morgan fingerprint density at radius 2 is 1.64 bits per heavy atom. The van der Waals surface area contributed by atoms with Crippen LogP contribution in [-0.4, -0.2) is 37.4 Å². The van der Waals surface area contributed by atoms with Gasteiger partial charge in [0.05, 0.1) is 23.6 Å². The van der Waals surface area contributed by atoms with Crippen LogP contribution in [0.4, 0.5) is 0 Å². The van der Waals surface area contributed by atoms with Crippen LogP contribution in [0.5, 0.6) is 5.75 Å². The van der Waals surface area contributed by atoms with Crippen molar-refractivity contribution in [3.63, 3.8) is 0 Å². The van der Waals surface area contributed by atoms with Crippen molar-refractivity contribution in [2.75, 3.05) is 6.61 Å². The summed E-state index contributed by atoms with van der Waals surface area (Å²) in [4.78, 5) is 16.1. The summed E-state index contributed by atoms with van der Waals surface area (Å²) >= 11 is 0. The molecule has 232 valence electrons. The van der Waals surface area contributed by atoms with E-state index in [1.165, 1.54) is 0 Å². The maximum absolute atomic E-state index is 13.5. The predicted molar refractivity (Wildman–Crippen MR) is 176 cm³/mol. The molecule has 1 unspecified atom stereocenters. The van der Waals surface area contributed by atoms with Crippen molar-refractivity contribution < 1.29 is 17.9 Å². The molecule has 0 saturated heterocycles. The number of rotatable bonds is 10. The molecule has 0 spiro atoms. The van der Waals surface area contributed by atoms with Crippen LogP contribution in [0.25, 0.3) is 10.8 Å². The summed E-state index contributed by atoms with van der Waals surface area (Å²) in [6.07, 6.45) is 0.591. The number of carbonyl (C=O) groups excluding carboxylic acids is 1. The summed E-state index contributed by atoms with van der Waals surface area (Å²) in [7, 11) is -3.91. The van der Waals surface area contributed by atoms with Gasteiger partial charge in [0.2, 0.25) is 15.9 Å². The van der Waals surface area contributed by atoms with Crippen molar-refractivity contribution in [3.8, 4) is 5.75 Å². The third-order valence-corrected chi connectivity index (χ3v) is 9.68. The van der Waals surface area contributed by atoms with Crippen LogP contribution in [0, 0.1) is 0 Å². The minimum absolute atomic E-state index is 0.0204. The number of hydrogen-bond acceptors (Lipinski definition) is 5. The fourth-order valence-electron chi connectivity index (χ4n) is 6.01. The molecule has 0 saturated carbocycles. The summed E-state index contributed by atoms with van der Waals surface area (Å²) in [6, 6.07) is 27.6. The summed E-state index contributed by atoms with van der Waals surface area (Å²) in [5.74, 6) is 0.550. The average molecular weight is 614 g/mol. The predicted octanol–water partition coefficient (Wildman–Crippen LogP) is 6.90. The number of ether oxygens (including phenoxy) is 1. The van der Waals surface area contributed by atoms with Crippen molar-refractivity contribution in [1.29, 1.82) is 0 Å². The third-order valence-electron chi connectivity index (χ3n) is 8.21. The van der Waals surface area contributed by atoms with Crippen LogP contribution in [0.1, 0.15) is 76.2 Å². The molecule has 4 aromatic rings. The highest BCUT2D eigenvalue weighted by Gasteiger charge is 2.29. The Kier molecular flexibility index (Phi) is 9.44. The van der Waals surface area contributed by atoms with Crippen molar-refractivity contribution in [2.45, 2.75) is 82.6 Å². The monoisotopic (exact) mass is 613 g/mol. The van der Waals surface area contributed by atoms with E-state index >= 15 is 0 Å². The Hall–Kier alpha value is -3.72. The molecule has 1 heterocycles. The Morgan fingerprint density at radius 1 is 0.932 bits per heavy atom. The van der Waals surface area contributed by atoms with E-state index in [9.17, 15) is 13.2 Å². The van der Waals surface area contributed by atoms with Crippen LogP contribution in [0.15, 0.2) is 95.9 Å². The number of carbonyl (C=O) groups is 1. The molecule has 8 heteroatoms. The van der Waals surface area contributed by atoms with Crippen molar-refractivity contribution in [1.82, 2.24) is 14.9 Å². The second-order valence-corrected chi connectivity index (χ2v) is 14.5. The Balaban J connectivity index is 1.32. The van der Waals surface area contributed by atoms with Gasteiger partial charge in [-0.25, -0.2) is 13.1 Å². The van der Waals surface area contributed by atoms with Crippen molar-refractivity contribution in [2.24, 2.45) is 0 Å². The molecule has 0 aliphatic carbocycles. The molecule has 0 radical (unpaired) electrons. The summed E-state index contributed by atoms with van der Waals surface area (Å²) < 4.78 is 35.9. The number of amides is 1. The quantitative estimate of drug-likeness (QED) is 0.203. The lowest BCUT2D eigenvalue weighted by Gasteiger charge is -2.39. The van der Waals surface area contributed by atoms with Crippen LogP contribution in [0.3, 0.4) is 0 Å². The number of fused-ring (bicyclic) bond motifs is 2. The molecule has 1 aliphatic heterocycles. The highest BCUT2D eigenvalue weighted by atomic mass is 32.2. The van der Waals surface area contributed by atoms with E-state index in [1.54, 1.807) is 18.2 Å². The maximum atomic E-state index is 13.5. The SMILES string of the molecule is CC(C)N(Cc1ccc2c(c1)OCCC2NC(=O)C[C@@H](NS(=O)(=O)c1ccc2ccccc2c1)c1ccccc1)C(C)(C)C. The van der Waals surface area contributed by atoms with E-state index in [2.05, 4.69) is 61.7 Å². The van der Waals surface area contributed by atoms with Gasteiger partial charge in [0.25, 0.3) is 0 Å². The van der Waals surface area contributed by atoms with Crippen molar-refractivity contribution in [3.05, 3.63) is 108 Å². The number of sulfonamides is 1. The van der Waals surface area contributed by atoms with Crippen LogP contribution in [-0.2, 0) is 21.4 Å². The number of benzene rings is 4. The molecule has 0 bridgehead atoms. The molecule has 5 rings (SSSR count). The van der Waals surface area contributed by atoms with Gasteiger partial charge in [0.1, 0.15) is 5.75 Å². The van der Waals surface area contributed by atoms with E-state index in [1.807, 2.05) is 60.7 Å². The molecule has 2 atom stereocenters. The largest absolute Gasteiger partial charge is 0.493 e. The van der Waals surface area contributed by atoms with E-state index in [4.69, 9.17) is 4.74 Å². The first-order chi connectivity index (χ1) is 20.9.